The van der Waals surface area contributed by atoms with Crippen LogP contribution in [0.25, 0.3) is 0 Å². The molecule has 0 saturated carbocycles. The van der Waals surface area contributed by atoms with Crippen molar-refractivity contribution in [2.24, 2.45) is 0 Å². The van der Waals surface area contributed by atoms with Gasteiger partial charge in [-0.25, -0.2) is 0 Å². The van der Waals surface area contributed by atoms with Gasteiger partial charge in [0.2, 0.25) is 4.47 Å². The molecule has 84 valence electrons. The molecule has 2 rings (SSSR count). The fourth-order valence-corrected chi connectivity index (χ4v) is 2.35. The molecule has 0 bridgehead atoms. The summed E-state index contributed by atoms with van der Waals surface area (Å²) in [6, 6.07) is 0. The van der Waals surface area contributed by atoms with E-state index in [9.17, 15) is 10.1 Å². The third-order valence-corrected chi connectivity index (χ3v) is 3.17. The van der Waals surface area contributed by atoms with Crippen LogP contribution in [0.15, 0.2) is 10.7 Å². The molecule has 0 atom stereocenters. The van der Waals surface area contributed by atoms with E-state index in [1.807, 2.05) is 0 Å². The van der Waals surface area contributed by atoms with Gasteiger partial charge in [0.1, 0.15) is 16.0 Å². The maximum absolute atomic E-state index is 10.5. The number of hydrogen-bond donors (Lipinski definition) is 0. The van der Waals surface area contributed by atoms with E-state index in [-0.39, 0.29) is 5.82 Å². The van der Waals surface area contributed by atoms with Gasteiger partial charge in [0, 0.05) is 0 Å². The van der Waals surface area contributed by atoms with Gasteiger partial charge < -0.3 is 10.1 Å². The molecule has 2 aromatic heterocycles. The SMILES string of the molecule is O=[N+]([O-])c1nn(Cc2nnc(Cl)s2)cc1Br. The molecule has 2 aromatic rings. The summed E-state index contributed by atoms with van der Waals surface area (Å²) in [6.07, 6.45) is 1.51. The minimum Gasteiger partial charge on any atom is -0.358 e. The number of rotatable bonds is 3. The monoisotopic (exact) mass is 323 g/mol. The Morgan fingerprint density at radius 3 is 2.88 bits per heavy atom. The molecule has 0 aliphatic carbocycles. The summed E-state index contributed by atoms with van der Waals surface area (Å²) in [5, 5.41) is 22.4. The Morgan fingerprint density at radius 2 is 2.38 bits per heavy atom. The van der Waals surface area contributed by atoms with Crippen LogP contribution in [0.1, 0.15) is 5.01 Å². The van der Waals surface area contributed by atoms with Crippen molar-refractivity contribution in [2.45, 2.75) is 6.54 Å². The molecule has 10 heteroatoms. The predicted molar refractivity (Wildman–Crippen MR) is 60.6 cm³/mol. The van der Waals surface area contributed by atoms with Gasteiger partial charge in [-0.1, -0.05) is 11.3 Å². The second kappa shape index (κ2) is 4.44. The molecule has 0 radical (unpaired) electrons. The lowest BCUT2D eigenvalue weighted by Gasteiger charge is -1.89. The van der Waals surface area contributed by atoms with Gasteiger partial charge in [0.15, 0.2) is 0 Å². The zero-order valence-electron chi connectivity index (χ0n) is 7.50. The smallest absolute Gasteiger partial charge is 0.358 e. The summed E-state index contributed by atoms with van der Waals surface area (Å²) in [5.41, 5.74) is 0. The standard InChI is InChI=1S/C6H3BrClN5O2S/c7-3-1-12(11-5(3)13(14)15)2-4-9-10-6(8)16-4/h1H,2H2. The molecule has 0 aliphatic rings. The van der Waals surface area contributed by atoms with Crippen LogP contribution in [0, 0.1) is 10.1 Å². The minimum atomic E-state index is -0.562. The number of nitrogens with zero attached hydrogens (tertiary/aromatic N) is 5. The maximum atomic E-state index is 10.5. The van der Waals surface area contributed by atoms with Crippen LogP contribution in [0.2, 0.25) is 4.47 Å². The average Bonchev–Trinajstić information content (AvgIpc) is 2.73. The molecule has 7 nitrogen and oxygen atoms in total. The van der Waals surface area contributed by atoms with Crippen LogP contribution in [0.4, 0.5) is 5.82 Å². The number of hydrogen-bond acceptors (Lipinski definition) is 6. The molecular weight excluding hydrogens is 322 g/mol. The summed E-state index contributed by atoms with van der Waals surface area (Å²) in [7, 11) is 0. The van der Waals surface area contributed by atoms with E-state index in [4.69, 9.17) is 11.6 Å². The van der Waals surface area contributed by atoms with Crippen LogP contribution >= 0.6 is 38.9 Å². The highest BCUT2D eigenvalue weighted by molar-refractivity contribution is 9.10. The first-order valence-corrected chi connectivity index (χ1v) is 5.90. The average molecular weight is 325 g/mol. The highest BCUT2D eigenvalue weighted by Gasteiger charge is 2.19. The van der Waals surface area contributed by atoms with Gasteiger partial charge in [-0.15, -0.1) is 10.2 Å². The van der Waals surface area contributed by atoms with E-state index in [0.717, 1.165) is 0 Å². The zero-order valence-corrected chi connectivity index (χ0v) is 10.7. The van der Waals surface area contributed by atoms with Gasteiger partial charge in [0.25, 0.3) is 0 Å². The van der Waals surface area contributed by atoms with Crippen LogP contribution in [-0.2, 0) is 6.54 Å². The van der Waals surface area contributed by atoms with Crippen molar-refractivity contribution in [2.75, 3.05) is 0 Å². The van der Waals surface area contributed by atoms with E-state index in [1.54, 1.807) is 0 Å². The van der Waals surface area contributed by atoms with Gasteiger partial charge >= 0.3 is 5.82 Å². The van der Waals surface area contributed by atoms with Crippen LogP contribution in [0.5, 0.6) is 0 Å². The summed E-state index contributed by atoms with van der Waals surface area (Å²) in [4.78, 5) is 9.98. The molecule has 2 heterocycles. The number of halogens is 2. The molecule has 16 heavy (non-hydrogen) atoms. The molecule has 0 aliphatic heterocycles. The van der Waals surface area contributed by atoms with Crippen molar-refractivity contribution in [3.63, 3.8) is 0 Å². The second-order valence-electron chi connectivity index (χ2n) is 2.70. The third-order valence-electron chi connectivity index (χ3n) is 1.61. The van der Waals surface area contributed by atoms with E-state index in [0.29, 0.717) is 20.5 Å². The van der Waals surface area contributed by atoms with Gasteiger partial charge in [-0.2, -0.15) is 4.68 Å². The highest BCUT2D eigenvalue weighted by atomic mass is 79.9. The van der Waals surface area contributed by atoms with Gasteiger partial charge in [-0.3, -0.25) is 0 Å². The Kier molecular flexibility index (Phi) is 3.17. The van der Waals surface area contributed by atoms with E-state index in [1.165, 1.54) is 22.2 Å². The van der Waals surface area contributed by atoms with E-state index < -0.39 is 4.92 Å². The van der Waals surface area contributed by atoms with Crippen molar-refractivity contribution in [1.29, 1.82) is 0 Å². The Hall–Kier alpha value is -1.06. The molecule has 0 saturated heterocycles. The first-order valence-electron chi connectivity index (χ1n) is 3.91. The molecule has 0 amide bonds. The summed E-state index contributed by atoms with van der Waals surface area (Å²) < 4.78 is 2.06. The lowest BCUT2D eigenvalue weighted by atomic mass is 10.6. The first kappa shape index (κ1) is 11.4. The lowest BCUT2D eigenvalue weighted by Crippen LogP contribution is -2.00. The van der Waals surface area contributed by atoms with Crippen LogP contribution in [-0.4, -0.2) is 24.9 Å². The van der Waals surface area contributed by atoms with Crippen LogP contribution in [0.3, 0.4) is 0 Å². The molecule has 0 aromatic carbocycles. The highest BCUT2D eigenvalue weighted by Crippen LogP contribution is 2.23. The number of nitro groups is 1. The Bertz CT molecular complexity index is 541. The van der Waals surface area contributed by atoms with Crippen LogP contribution < -0.4 is 0 Å². The fraction of sp³-hybridized carbons (Fsp3) is 0.167. The zero-order chi connectivity index (χ0) is 11.7. The molecule has 0 unspecified atom stereocenters. The van der Waals surface area contributed by atoms with Gasteiger partial charge in [0.05, 0.1) is 11.3 Å². The number of aromatic nitrogens is 4. The lowest BCUT2D eigenvalue weighted by molar-refractivity contribution is -0.390. The fourth-order valence-electron chi connectivity index (χ4n) is 1.03. The summed E-state index contributed by atoms with van der Waals surface area (Å²) in [5.74, 6) is -0.226. The van der Waals surface area contributed by atoms with Gasteiger partial charge in [-0.05, 0) is 32.5 Å². The maximum Gasteiger partial charge on any atom is 0.404 e. The largest absolute Gasteiger partial charge is 0.404 e. The Balaban J connectivity index is 2.22. The molecule has 0 spiro atoms. The quantitative estimate of drug-likeness (QED) is 0.637. The van der Waals surface area contributed by atoms with E-state index in [2.05, 4.69) is 31.2 Å². The van der Waals surface area contributed by atoms with Crippen molar-refractivity contribution in [3.05, 3.63) is 30.3 Å². The normalized spacial score (nSPS) is 10.6. The molecular formula is C6H3BrClN5O2S. The minimum absolute atomic E-state index is 0.226. The summed E-state index contributed by atoms with van der Waals surface area (Å²) in [6.45, 7) is 0.302. The van der Waals surface area contributed by atoms with Crippen molar-refractivity contribution >= 4 is 44.7 Å². The first-order chi connectivity index (χ1) is 7.56. The molecule has 0 fully saturated rings. The second-order valence-corrected chi connectivity index (χ2v) is 5.20. The topological polar surface area (TPSA) is 86.7 Å². The van der Waals surface area contributed by atoms with Crippen molar-refractivity contribution in [3.8, 4) is 0 Å². The van der Waals surface area contributed by atoms with Crippen molar-refractivity contribution < 1.29 is 4.92 Å². The third kappa shape index (κ3) is 2.36. The summed E-state index contributed by atoms with van der Waals surface area (Å²) >= 11 is 9.87. The van der Waals surface area contributed by atoms with Crippen molar-refractivity contribution in [1.82, 2.24) is 20.0 Å². The Labute approximate surface area is 106 Å². The Morgan fingerprint density at radius 1 is 1.62 bits per heavy atom. The predicted octanol–water partition coefficient (Wildman–Crippen LogP) is 2.11. The molecule has 0 N–H and O–H groups in total. The van der Waals surface area contributed by atoms with E-state index >= 15 is 0 Å².